The Morgan fingerprint density at radius 2 is 1.96 bits per heavy atom. The quantitative estimate of drug-likeness (QED) is 0.489. The summed E-state index contributed by atoms with van der Waals surface area (Å²) in [6.45, 7) is 6.10. The van der Waals surface area contributed by atoms with E-state index in [1.807, 2.05) is 25.3 Å². The van der Waals surface area contributed by atoms with Crippen LogP contribution in [0.3, 0.4) is 0 Å². The lowest BCUT2D eigenvalue weighted by Gasteiger charge is -2.16. The van der Waals surface area contributed by atoms with E-state index >= 15 is 0 Å². The van der Waals surface area contributed by atoms with E-state index in [4.69, 9.17) is 0 Å². The normalized spacial score (nSPS) is 12.5. The molecule has 0 fully saturated rings. The fourth-order valence-corrected chi connectivity index (χ4v) is 6.06. The third-order valence-corrected chi connectivity index (χ3v) is 8.26. The molecule has 26 heavy (non-hydrogen) atoms. The van der Waals surface area contributed by atoms with Crippen LogP contribution in [0.25, 0.3) is 0 Å². The van der Waals surface area contributed by atoms with Gasteiger partial charge in [-0.3, -0.25) is 4.99 Å². The van der Waals surface area contributed by atoms with Gasteiger partial charge in [0, 0.05) is 38.1 Å². The van der Waals surface area contributed by atoms with Crippen LogP contribution >= 0.6 is 22.7 Å². The van der Waals surface area contributed by atoms with Crippen LogP contribution in [0.2, 0.25) is 0 Å². The molecule has 2 heterocycles. The molecule has 0 bridgehead atoms. The van der Waals surface area contributed by atoms with Crippen molar-refractivity contribution in [3.05, 3.63) is 39.4 Å². The molecule has 2 rings (SSSR count). The molecule has 0 atom stereocenters. The number of thiophene rings is 2. The molecule has 6 nitrogen and oxygen atoms in total. The van der Waals surface area contributed by atoms with Crippen molar-refractivity contribution in [2.75, 3.05) is 26.7 Å². The second-order valence-corrected chi connectivity index (χ2v) is 9.66. The number of hydrogen-bond donors (Lipinski definition) is 2. The van der Waals surface area contributed by atoms with E-state index in [0.717, 1.165) is 23.8 Å². The third kappa shape index (κ3) is 5.54. The first kappa shape index (κ1) is 20.9. The van der Waals surface area contributed by atoms with Crippen molar-refractivity contribution in [3.63, 3.8) is 0 Å². The van der Waals surface area contributed by atoms with Crippen molar-refractivity contribution in [3.8, 4) is 0 Å². The van der Waals surface area contributed by atoms with Gasteiger partial charge in [-0.25, -0.2) is 8.42 Å². The zero-order valence-electron chi connectivity index (χ0n) is 15.4. The van der Waals surface area contributed by atoms with Gasteiger partial charge in [-0.2, -0.15) is 15.6 Å². The predicted molar refractivity (Wildman–Crippen MR) is 111 cm³/mol. The largest absolute Gasteiger partial charge is 0.356 e. The van der Waals surface area contributed by atoms with Gasteiger partial charge in [-0.1, -0.05) is 13.8 Å². The second-order valence-electron chi connectivity index (χ2n) is 5.54. The Kier molecular flexibility index (Phi) is 8.08. The molecule has 0 saturated carbocycles. The number of hydrogen-bond acceptors (Lipinski definition) is 5. The Hall–Kier alpha value is -1.42. The Balaban J connectivity index is 1.85. The van der Waals surface area contributed by atoms with Crippen molar-refractivity contribution in [2.24, 2.45) is 4.99 Å². The first-order valence-corrected chi connectivity index (χ1v) is 11.8. The highest BCUT2D eigenvalue weighted by atomic mass is 32.2. The van der Waals surface area contributed by atoms with Crippen LogP contribution in [0.5, 0.6) is 0 Å². The Labute approximate surface area is 164 Å². The van der Waals surface area contributed by atoms with Gasteiger partial charge >= 0.3 is 0 Å². The minimum atomic E-state index is -3.36. The molecule has 0 aliphatic carbocycles. The van der Waals surface area contributed by atoms with Crippen LogP contribution in [0.4, 0.5) is 0 Å². The van der Waals surface area contributed by atoms with Crippen LogP contribution in [0.15, 0.2) is 38.2 Å². The smallest absolute Gasteiger partial charge is 0.252 e. The van der Waals surface area contributed by atoms with Crippen molar-refractivity contribution >= 4 is 38.7 Å². The minimum absolute atomic E-state index is 0.413. The topological polar surface area (TPSA) is 73.8 Å². The molecule has 0 aliphatic heterocycles. The molecule has 9 heteroatoms. The summed E-state index contributed by atoms with van der Waals surface area (Å²) >= 11 is 3.01. The molecule has 2 aromatic rings. The fourth-order valence-electron chi connectivity index (χ4n) is 2.43. The van der Waals surface area contributed by atoms with Gasteiger partial charge < -0.3 is 10.6 Å². The zero-order chi connectivity index (χ0) is 19.0. The molecule has 0 spiro atoms. The fraction of sp³-hybridized carbons (Fsp3) is 0.471. The average Bonchev–Trinajstić information content (AvgIpc) is 3.30. The standard InChI is InChI=1S/C17H26N4O2S3/c1-4-21(5-2)26(22,23)16-7-6-15(25-16)8-10-19-17(18-3)20-12-14-9-11-24-13-14/h6-7,9,11,13H,4-5,8,10,12H2,1-3H3,(H2,18,19,20). The summed E-state index contributed by atoms with van der Waals surface area (Å²) in [6.07, 6.45) is 0.748. The number of nitrogens with zero attached hydrogens (tertiary/aromatic N) is 2. The van der Waals surface area contributed by atoms with Crippen molar-refractivity contribution in [2.45, 2.75) is 31.0 Å². The Morgan fingerprint density at radius 1 is 1.19 bits per heavy atom. The maximum absolute atomic E-state index is 12.5. The Morgan fingerprint density at radius 3 is 2.58 bits per heavy atom. The maximum Gasteiger partial charge on any atom is 0.252 e. The van der Waals surface area contributed by atoms with Crippen LogP contribution in [0, 0.1) is 0 Å². The molecule has 2 aromatic heterocycles. The number of nitrogens with one attached hydrogen (secondary N) is 2. The summed E-state index contributed by atoms with van der Waals surface area (Å²) in [5, 5.41) is 10.7. The van der Waals surface area contributed by atoms with E-state index in [-0.39, 0.29) is 0 Å². The van der Waals surface area contributed by atoms with Crippen LogP contribution < -0.4 is 10.6 Å². The van der Waals surface area contributed by atoms with Gasteiger partial charge in [-0.15, -0.1) is 11.3 Å². The van der Waals surface area contributed by atoms with E-state index in [1.54, 1.807) is 24.5 Å². The Bertz CT molecular complexity index is 794. The number of rotatable bonds is 9. The molecule has 144 valence electrons. The van der Waals surface area contributed by atoms with Gasteiger partial charge in [0.25, 0.3) is 10.0 Å². The molecular weight excluding hydrogens is 388 g/mol. The first-order valence-electron chi connectivity index (χ1n) is 8.55. The molecule has 2 N–H and O–H groups in total. The lowest BCUT2D eigenvalue weighted by molar-refractivity contribution is 0.447. The van der Waals surface area contributed by atoms with E-state index in [2.05, 4.69) is 27.1 Å². The SMILES string of the molecule is CCN(CC)S(=O)(=O)c1ccc(CCNC(=NC)NCc2ccsc2)s1. The molecule has 0 unspecified atom stereocenters. The summed E-state index contributed by atoms with van der Waals surface area (Å²) in [7, 11) is -1.62. The van der Waals surface area contributed by atoms with Crippen molar-refractivity contribution in [1.29, 1.82) is 0 Å². The maximum atomic E-state index is 12.5. The van der Waals surface area contributed by atoms with Crippen molar-refractivity contribution < 1.29 is 8.42 Å². The summed E-state index contributed by atoms with van der Waals surface area (Å²) < 4.78 is 26.9. The highest BCUT2D eigenvalue weighted by Crippen LogP contribution is 2.25. The number of sulfonamides is 1. The van der Waals surface area contributed by atoms with Crippen LogP contribution in [-0.4, -0.2) is 45.4 Å². The summed E-state index contributed by atoms with van der Waals surface area (Å²) in [4.78, 5) is 5.25. The average molecular weight is 415 g/mol. The van der Waals surface area contributed by atoms with Gasteiger partial charge in [0.2, 0.25) is 0 Å². The molecular formula is C17H26N4O2S3. The van der Waals surface area contributed by atoms with Gasteiger partial charge in [0.1, 0.15) is 4.21 Å². The summed E-state index contributed by atoms with van der Waals surface area (Å²) in [5.41, 5.74) is 1.22. The molecule has 0 amide bonds. The van der Waals surface area contributed by atoms with E-state index in [1.165, 1.54) is 21.2 Å². The lowest BCUT2D eigenvalue weighted by atomic mass is 10.3. The lowest BCUT2D eigenvalue weighted by Crippen LogP contribution is -2.37. The summed E-state index contributed by atoms with van der Waals surface area (Å²) in [5.74, 6) is 0.740. The van der Waals surface area contributed by atoms with Crippen molar-refractivity contribution in [1.82, 2.24) is 14.9 Å². The van der Waals surface area contributed by atoms with Crippen LogP contribution in [0.1, 0.15) is 24.3 Å². The number of aliphatic imine (C=N–C) groups is 1. The number of guanidine groups is 1. The van der Waals surface area contributed by atoms with Gasteiger partial charge in [-0.05, 0) is 40.9 Å². The first-order chi connectivity index (χ1) is 12.5. The van der Waals surface area contributed by atoms with E-state index < -0.39 is 10.0 Å². The van der Waals surface area contributed by atoms with Crippen LogP contribution in [-0.2, 0) is 23.0 Å². The van der Waals surface area contributed by atoms with Gasteiger partial charge in [0.05, 0.1) is 0 Å². The zero-order valence-corrected chi connectivity index (χ0v) is 17.8. The molecule has 0 radical (unpaired) electrons. The van der Waals surface area contributed by atoms with E-state index in [0.29, 0.717) is 23.8 Å². The predicted octanol–water partition coefficient (Wildman–Crippen LogP) is 2.75. The molecule has 0 saturated heterocycles. The third-order valence-electron chi connectivity index (χ3n) is 3.86. The van der Waals surface area contributed by atoms with Gasteiger partial charge in [0.15, 0.2) is 5.96 Å². The summed E-state index contributed by atoms with van der Waals surface area (Å²) in [6, 6.07) is 5.68. The highest BCUT2D eigenvalue weighted by Gasteiger charge is 2.23. The highest BCUT2D eigenvalue weighted by molar-refractivity contribution is 7.91. The molecule has 0 aliphatic rings. The van der Waals surface area contributed by atoms with E-state index in [9.17, 15) is 8.42 Å². The minimum Gasteiger partial charge on any atom is -0.356 e. The monoisotopic (exact) mass is 414 g/mol. The molecule has 0 aromatic carbocycles. The second kappa shape index (κ2) is 10.1.